The van der Waals surface area contributed by atoms with Crippen LogP contribution in [-0.2, 0) is 19.6 Å². The minimum Gasteiger partial charge on any atom is -0.486 e. The third kappa shape index (κ3) is 4.77. The minimum absolute atomic E-state index is 0.154. The Hall–Kier alpha value is -3.05. The molecule has 3 N–H and O–H groups in total. The Balaban J connectivity index is 1.44. The third-order valence-corrected chi connectivity index (χ3v) is 4.27. The Morgan fingerprint density at radius 1 is 1.19 bits per heavy atom. The molecule has 1 aliphatic heterocycles. The van der Waals surface area contributed by atoms with Gasteiger partial charge in [-0.3, -0.25) is 4.79 Å². The number of benzene rings is 1. The fourth-order valence-electron chi connectivity index (χ4n) is 2.23. The Kier molecular flexibility index (Phi) is 5.33. The molecule has 0 saturated carbocycles. The number of hydrogen-bond donors (Lipinski definition) is 2. The molecule has 1 aliphatic rings. The molecule has 0 spiro atoms. The maximum Gasteiger partial charge on any atom is 0.374 e. The molecule has 11 heteroatoms. The van der Waals surface area contributed by atoms with E-state index in [-0.39, 0.29) is 25.0 Å². The van der Waals surface area contributed by atoms with Gasteiger partial charge in [0, 0.05) is 0 Å². The van der Waals surface area contributed by atoms with Crippen molar-refractivity contribution >= 4 is 21.9 Å². The van der Waals surface area contributed by atoms with E-state index >= 15 is 0 Å². The van der Waals surface area contributed by atoms with Crippen LogP contribution >= 0.6 is 0 Å². The molecule has 2 aromatic rings. The van der Waals surface area contributed by atoms with Gasteiger partial charge in [0.05, 0.1) is 6.54 Å². The van der Waals surface area contributed by atoms with Gasteiger partial charge in [0.2, 0.25) is 10.9 Å². The van der Waals surface area contributed by atoms with Crippen LogP contribution in [0, 0.1) is 0 Å². The monoisotopic (exact) mass is 396 g/mol. The van der Waals surface area contributed by atoms with Crippen LogP contribution in [0.15, 0.2) is 45.9 Å². The lowest BCUT2D eigenvalue weighted by molar-refractivity contribution is -0.124. The van der Waals surface area contributed by atoms with Crippen molar-refractivity contribution in [3.63, 3.8) is 0 Å². The molecule has 3 rings (SSSR count). The van der Waals surface area contributed by atoms with Crippen molar-refractivity contribution in [3.8, 4) is 11.5 Å². The van der Waals surface area contributed by atoms with E-state index < -0.39 is 33.6 Å². The van der Waals surface area contributed by atoms with E-state index in [1.165, 1.54) is 0 Å². The van der Waals surface area contributed by atoms with Crippen LogP contribution < -0.4 is 19.9 Å². The summed E-state index contributed by atoms with van der Waals surface area (Å²) in [7, 11) is -4.07. The molecular weight excluding hydrogens is 380 g/mol. The standard InChI is InChI=1S/C16H16N2O8S/c17-27(21,22)15-6-5-13(26-15)16(20)24-9-14(19)18-7-10-8-23-11-3-1-2-4-12(11)25-10/h1-6,10H,7-9H2,(H,18,19)(H2,17,21,22). The van der Waals surface area contributed by atoms with E-state index in [4.69, 9.17) is 23.8 Å². The van der Waals surface area contributed by atoms with Crippen LogP contribution in [0.4, 0.5) is 0 Å². The van der Waals surface area contributed by atoms with Crippen LogP contribution in [0.25, 0.3) is 0 Å². The van der Waals surface area contributed by atoms with E-state index in [2.05, 4.69) is 5.32 Å². The Labute approximate surface area is 154 Å². The van der Waals surface area contributed by atoms with Crippen LogP contribution in [0.2, 0.25) is 0 Å². The van der Waals surface area contributed by atoms with Crippen LogP contribution in [-0.4, -0.2) is 46.2 Å². The number of esters is 1. The van der Waals surface area contributed by atoms with Crippen LogP contribution in [0.3, 0.4) is 0 Å². The fourth-order valence-corrected chi connectivity index (χ4v) is 2.69. The summed E-state index contributed by atoms with van der Waals surface area (Å²) in [4.78, 5) is 23.6. The van der Waals surface area contributed by atoms with Crippen molar-refractivity contribution in [3.05, 3.63) is 42.2 Å². The second-order valence-electron chi connectivity index (χ2n) is 5.54. The van der Waals surface area contributed by atoms with Gasteiger partial charge in [-0.15, -0.1) is 0 Å². The third-order valence-electron chi connectivity index (χ3n) is 3.49. The number of nitrogens with two attached hydrogens (primary N) is 1. The van der Waals surface area contributed by atoms with Crippen LogP contribution in [0.1, 0.15) is 10.6 Å². The quantitative estimate of drug-likeness (QED) is 0.651. The van der Waals surface area contributed by atoms with Gasteiger partial charge in [-0.25, -0.2) is 18.4 Å². The summed E-state index contributed by atoms with van der Waals surface area (Å²) < 4.78 is 42.9. The lowest BCUT2D eigenvalue weighted by Gasteiger charge is -2.26. The number of rotatable bonds is 6. The first kappa shape index (κ1) is 18.7. The van der Waals surface area contributed by atoms with Crippen LogP contribution in [0.5, 0.6) is 11.5 Å². The van der Waals surface area contributed by atoms with Crippen molar-refractivity contribution in [2.75, 3.05) is 19.8 Å². The molecule has 1 unspecified atom stereocenters. The summed E-state index contributed by atoms with van der Waals surface area (Å²) in [6, 6.07) is 9.26. The fraction of sp³-hybridized carbons (Fsp3) is 0.250. The molecule has 0 bridgehead atoms. The van der Waals surface area contributed by atoms with E-state index in [0.717, 1.165) is 12.1 Å². The van der Waals surface area contributed by atoms with Crippen molar-refractivity contribution in [2.45, 2.75) is 11.2 Å². The highest BCUT2D eigenvalue weighted by Gasteiger charge is 2.22. The first-order chi connectivity index (χ1) is 12.8. The van der Waals surface area contributed by atoms with Gasteiger partial charge in [0.1, 0.15) is 12.7 Å². The summed E-state index contributed by atoms with van der Waals surface area (Å²) in [5, 5.41) is 6.85. The molecule has 27 heavy (non-hydrogen) atoms. The molecule has 0 radical (unpaired) electrons. The topological polar surface area (TPSA) is 147 Å². The number of sulfonamides is 1. The molecule has 10 nitrogen and oxygen atoms in total. The van der Waals surface area contributed by atoms with Crippen molar-refractivity contribution in [1.29, 1.82) is 0 Å². The van der Waals surface area contributed by atoms with E-state index in [1.54, 1.807) is 18.2 Å². The normalized spacial score (nSPS) is 15.8. The Morgan fingerprint density at radius 2 is 1.93 bits per heavy atom. The number of furan rings is 1. The Bertz CT molecular complexity index is 953. The highest BCUT2D eigenvalue weighted by atomic mass is 32.2. The van der Waals surface area contributed by atoms with E-state index in [9.17, 15) is 18.0 Å². The molecule has 1 aromatic heterocycles. The zero-order valence-corrected chi connectivity index (χ0v) is 14.7. The SMILES string of the molecule is NS(=O)(=O)c1ccc(C(=O)OCC(=O)NCC2COc3ccccc3O2)o1. The smallest absolute Gasteiger partial charge is 0.374 e. The molecule has 0 fully saturated rings. The predicted octanol–water partition coefficient (Wildman–Crippen LogP) is 0.0400. The second-order valence-corrected chi connectivity index (χ2v) is 7.03. The average Bonchev–Trinajstić information content (AvgIpc) is 3.15. The van der Waals surface area contributed by atoms with Gasteiger partial charge >= 0.3 is 5.97 Å². The molecule has 0 aliphatic carbocycles. The number of fused-ring (bicyclic) bond motifs is 1. The van der Waals surface area contributed by atoms with Gasteiger partial charge in [0.25, 0.3) is 15.9 Å². The first-order valence-electron chi connectivity index (χ1n) is 7.78. The molecular formula is C16H16N2O8S. The molecule has 1 amide bonds. The van der Waals surface area contributed by atoms with Gasteiger partial charge in [0.15, 0.2) is 18.1 Å². The lowest BCUT2D eigenvalue weighted by Crippen LogP contribution is -2.42. The number of carbonyl (C=O) groups excluding carboxylic acids is 2. The average molecular weight is 396 g/mol. The molecule has 1 aromatic carbocycles. The highest BCUT2D eigenvalue weighted by molar-refractivity contribution is 7.89. The van der Waals surface area contributed by atoms with E-state index in [0.29, 0.717) is 11.5 Å². The number of carbonyl (C=O) groups is 2. The highest BCUT2D eigenvalue weighted by Crippen LogP contribution is 2.30. The molecule has 0 saturated heterocycles. The van der Waals surface area contributed by atoms with Gasteiger partial charge < -0.3 is 23.9 Å². The number of para-hydroxylation sites is 2. The van der Waals surface area contributed by atoms with Crippen molar-refractivity contribution < 1.29 is 36.6 Å². The number of nitrogens with one attached hydrogen (secondary N) is 1. The zero-order chi connectivity index (χ0) is 19.4. The number of hydrogen-bond acceptors (Lipinski definition) is 8. The molecule has 144 valence electrons. The molecule has 2 heterocycles. The maximum absolute atomic E-state index is 11.8. The summed E-state index contributed by atoms with van der Waals surface area (Å²) in [5.41, 5.74) is 0. The number of ether oxygens (including phenoxy) is 3. The Morgan fingerprint density at radius 3 is 2.63 bits per heavy atom. The van der Waals surface area contributed by atoms with E-state index in [1.807, 2.05) is 6.07 Å². The van der Waals surface area contributed by atoms with Crippen molar-refractivity contribution in [1.82, 2.24) is 5.32 Å². The summed E-state index contributed by atoms with van der Waals surface area (Å²) in [6.07, 6.45) is -0.387. The van der Waals surface area contributed by atoms with Gasteiger partial charge in [-0.1, -0.05) is 12.1 Å². The summed E-state index contributed by atoms with van der Waals surface area (Å²) in [6.45, 7) is -0.157. The zero-order valence-electron chi connectivity index (χ0n) is 13.9. The number of primary sulfonamides is 1. The minimum atomic E-state index is -4.07. The first-order valence-corrected chi connectivity index (χ1v) is 9.32. The maximum atomic E-state index is 11.8. The predicted molar refractivity (Wildman–Crippen MR) is 89.7 cm³/mol. The van der Waals surface area contributed by atoms with Gasteiger partial charge in [-0.2, -0.15) is 0 Å². The van der Waals surface area contributed by atoms with Crippen molar-refractivity contribution in [2.24, 2.45) is 5.14 Å². The molecule has 1 atom stereocenters. The van der Waals surface area contributed by atoms with Gasteiger partial charge in [-0.05, 0) is 24.3 Å². The number of amides is 1. The lowest BCUT2D eigenvalue weighted by atomic mass is 10.2. The second kappa shape index (κ2) is 7.68. The largest absolute Gasteiger partial charge is 0.486 e. The summed E-state index contributed by atoms with van der Waals surface area (Å²) >= 11 is 0. The summed E-state index contributed by atoms with van der Waals surface area (Å²) in [5.74, 6) is -0.730.